The van der Waals surface area contributed by atoms with Crippen LogP contribution in [0.1, 0.15) is 24.5 Å². The molecule has 17 heavy (non-hydrogen) atoms. The van der Waals surface area contributed by atoms with Crippen molar-refractivity contribution < 1.29 is 0 Å². The first-order valence-corrected chi connectivity index (χ1v) is 6.16. The van der Waals surface area contributed by atoms with Gasteiger partial charge in [-0.3, -0.25) is 0 Å². The first-order valence-electron chi connectivity index (χ1n) is 6.16. The standard InChI is InChI=1S/C16H19N/c1-3-6-13-7-4-8-14(11-13)15-9-5-10-16(17)12(15)2/h4-5,7-11H,3,6,17H2,1-2H3. The summed E-state index contributed by atoms with van der Waals surface area (Å²) >= 11 is 0. The van der Waals surface area contributed by atoms with Crippen molar-refractivity contribution in [3.63, 3.8) is 0 Å². The van der Waals surface area contributed by atoms with Crippen LogP contribution in [0.25, 0.3) is 11.1 Å². The molecule has 0 aliphatic rings. The molecule has 0 aliphatic heterocycles. The Hall–Kier alpha value is -1.76. The van der Waals surface area contributed by atoms with Gasteiger partial charge < -0.3 is 5.73 Å². The molecule has 0 unspecified atom stereocenters. The molecule has 0 heterocycles. The Kier molecular flexibility index (Phi) is 3.48. The van der Waals surface area contributed by atoms with Crippen molar-refractivity contribution in [3.8, 4) is 11.1 Å². The summed E-state index contributed by atoms with van der Waals surface area (Å²) in [5, 5.41) is 0. The average Bonchev–Trinajstić information content (AvgIpc) is 2.33. The molecular formula is C16H19N. The number of rotatable bonds is 3. The highest BCUT2D eigenvalue weighted by Gasteiger charge is 2.04. The second-order valence-corrected chi connectivity index (χ2v) is 4.47. The second-order valence-electron chi connectivity index (χ2n) is 4.47. The lowest BCUT2D eigenvalue weighted by atomic mass is 9.97. The molecule has 1 nitrogen and oxygen atoms in total. The van der Waals surface area contributed by atoms with Gasteiger partial charge in [-0.15, -0.1) is 0 Å². The van der Waals surface area contributed by atoms with E-state index in [2.05, 4.69) is 44.2 Å². The lowest BCUT2D eigenvalue weighted by Crippen LogP contribution is -1.92. The fourth-order valence-electron chi connectivity index (χ4n) is 2.15. The molecule has 2 rings (SSSR count). The van der Waals surface area contributed by atoms with Gasteiger partial charge in [-0.1, -0.05) is 49.7 Å². The van der Waals surface area contributed by atoms with Crippen molar-refractivity contribution in [2.24, 2.45) is 0 Å². The molecule has 0 spiro atoms. The number of anilines is 1. The highest BCUT2D eigenvalue weighted by Crippen LogP contribution is 2.27. The molecule has 0 bridgehead atoms. The highest BCUT2D eigenvalue weighted by molar-refractivity contribution is 5.73. The summed E-state index contributed by atoms with van der Waals surface area (Å²) in [6, 6.07) is 14.8. The summed E-state index contributed by atoms with van der Waals surface area (Å²) < 4.78 is 0. The van der Waals surface area contributed by atoms with Crippen LogP contribution in [0.15, 0.2) is 42.5 Å². The van der Waals surface area contributed by atoms with Gasteiger partial charge >= 0.3 is 0 Å². The number of aryl methyl sites for hydroxylation is 1. The fraction of sp³-hybridized carbons (Fsp3) is 0.250. The van der Waals surface area contributed by atoms with Crippen LogP contribution >= 0.6 is 0 Å². The Morgan fingerprint density at radius 3 is 2.59 bits per heavy atom. The molecule has 0 fully saturated rings. The molecule has 2 aromatic carbocycles. The fourth-order valence-corrected chi connectivity index (χ4v) is 2.15. The Morgan fingerprint density at radius 2 is 1.82 bits per heavy atom. The van der Waals surface area contributed by atoms with Gasteiger partial charge in [-0.05, 0) is 41.7 Å². The van der Waals surface area contributed by atoms with Crippen molar-refractivity contribution in [2.45, 2.75) is 26.7 Å². The van der Waals surface area contributed by atoms with Crippen LogP contribution in [0.4, 0.5) is 5.69 Å². The Bertz CT molecular complexity index is 515. The van der Waals surface area contributed by atoms with Crippen LogP contribution in [0.5, 0.6) is 0 Å². The van der Waals surface area contributed by atoms with Gasteiger partial charge in [0.15, 0.2) is 0 Å². The van der Waals surface area contributed by atoms with Crippen LogP contribution < -0.4 is 5.73 Å². The molecule has 0 radical (unpaired) electrons. The van der Waals surface area contributed by atoms with Gasteiger partial charge in [0.25, 0.3) is 0 Å². The van der Waals surface area contributed by atoms with Gasteiger partial charge in [-0.2, -0.15) is 0 Å². The minimum atomic E-state index is 0.864. The number of benzene rings is 2. The quantitative estimate of drug-likeness (QED) is 0.778. The summed E-state index contributed by atoms with van der Waals surface area (Å²) in [5.74, 6) is 0. The maximum Gasteiger partial charge on any atom is 0.0349 e. The number of hydrogen-bond donors (Lipinski definition) is 1. The van der Waals surface area contributed by atoms with E-state index in [0.29, 0.717) is 0 Å². The van der Waals surface area contributed by atoms with Gasteiger partial charge in [0, 0.05) is 5.69 Å². The van der Waals surface area contributed by atoms with Crippen molar-refractivity contribution in [3.05, 3.63) is 53.6 Å². The second kappa shape index (κ2) is 5.05. The van der Waals surface area contributed by atoms with Crippen molar-refractivity contribution in [2.75, 3.05) is 5.73 Å². The van der Waals surface area contributed by atoms with Crippen LogP contribution in [0, 0.1) is 6.92 Å². The van der Waals surface area contributed by atoms with Crippen LogP contribution in [-0.4, -0.2) is 0 Å². The third kappa shape index (κ3) is 2.50. The first kappa shape index (κ1) is 11.7. The largest absolute Gasteiger partial charge is 0.398 e. The van der Waals surface area contributed by atoms with E-state index in [4.69, 9.17) is 5.73 Å². The van der Waals surface area contributed by atoms with E-state index in [1.807, 2.05) is 12.1 Å². The van der Waals surface area contributed by atoms with Crippen molar-refractivity contribution >= 4 is 5.69 Å². The summed E-state index contributed by atoms with van der Waals surface area (Å²) in [6.45, 7) is 4.29. The monoisotopic (exact) mass is 225 g/mol. The lowest BCUT2D eigenvalue weighted by Gasteiger charge is -2.10. The smallest absolute Gasteiger partial charge is 0.0349 e. The first-order chi connectivity index (χ1) is 8.22. The van der Waals surface area contributed by atoms with Crippen molar-refractivity contribution in [1.29, 1.82) is 0 Å². The molecule has 0 aromatic heterocycles. The third-order valence-electron chi connectivity index (χ3n) is 3.15. The summed E-state index contributed by atoms with van der Waals surface area (Å²) in [6.07, 6.45) is 2.31. The van der Waals surface area contributed by atoms with Gasteiger partial charge in [0.2, 0.25) is 0 Å². The molecule has 0 saturated heterocycles. The molecule has 0 aliphatic carbocycles. The van der Waals surface area contributed by atoms with E-state index < -0.39 is 0 Å². The van der Waals surface area contributed by atoms with Gasteiger partial charge in [0.05, 0.1) is 0 Å². The maximum atomic E-state index is 5.95. The third-order valence-corrected chi connectivity index (χ3v) is 3.15. The minimum Gasteiger partial charge on any atom is -0.398 e. The molecule has 0 amide bonds. The Morgan fingerprint density at radius 1 is 1.06 bits per heavy atom. The SMILES string of the molecule is CCCc1cccc(-c2cccc(N)c2C)c1. The molecule has 0 saturated carbocycles. The maximum absolute atomic E-state index is 5.95. The van der Waals surface area contributed by atoms with Gasteiger partial charge in [-0.25, -0.2) is 0 Å². The summed E-state index contributed by atoms with van der Waals surface area (Å²) in [7, 11) is 0. The predicted molar refractivity (Wildman–Crippen MR) is 75.0 cm³/mol. The van der Waals surface area contributed by atoms with Crippen molar-refractivity contribution in [1.82, 2.24) is 0 Å². The summed E-state index contributed by atoms with van der Waals surface area (Å²) in [4.78, 5) is 0. The Labute approximate surface area is 103 Å². The topological polar surface area (TPSA) is 26.0 Å². The lowest BCUT2D eigenvalue weighted by molar-refractivity contribution is 0.922. The molecule has 0 atom stereocenters. The van der Waals surface area contributed by atoms with E-state index in [1.165, 1.54) is 28.7 Å². The number of hydrogen-bond acceptors (Lipinski definition) is 1. The number of nitrogens with two attached hydrogens (primary N) is 1. The van der Waals surface area contributed by atoms with E-state index in [9.17, 15) is 0 Å². The van der Waals surface area contributed by atoms with E-state index in [-0.39, 0.29) is 0 Å². The van der Waals surface area contributed by atoms with E-state index in [0.717, 1.165) is 12.1 Å². The normalized spacial score (nSPS) is 10.5. The van der Waals surface area contributed by atoms with Crippen LogP contribution in [0.3, 0.4) is 0 Å². The number of nitrogen functional groups attached to an aromatic ring is 1. The molecule has 1 heteroatoms. The average molecular weight is 225 g/mol. The minimum absolute atomic E-state index is 0.864. The zero-order chi connectivity index (χ0) is 12.3. The Balaban J connectivity index is 2.45. The molecule has 2 N–H and O–H groups in total. The van der Waals surface area contributed by atoms with Gasteiger partial charge in [0.1, 0.15) is 0 Å². The zero-order valence-electron chi connectivity index (χ0n) is 10.5. The molecular weight excluding hydrogens is 206 g/mol. The summed E-state index contributed by atoms with van der Waals surface area (Å²) in [5.41, 5.74) is 11.9. The van der Waals surface area contributed by atoms with Crippen LogP contribution in [0.2, 0.25) is 0 Å². The van der Waals surface area contributed by atoms with E-state index in [1.54, 1.807) is 0 Å². The van der Waals surface area contributed by atoms with E-state index >= 15 is 0 Å². The highest BCUT2D eigenvalue weighted by atomic mass is 14.6. The molecule has 88 valence electrons. The zero-order valence-corrected chi connectivity index (χ0v) is 10.5. The molecule has 2 aromatic rings. The van der Waals surface area contributed by atoms with Crippen LogP contribution in [-0.2, 0) is 6.42 Å². The predicted octanol–water partition coefficient (Wildman–Crippen LogP) is 4.20.